The van der Waals surface area contributed by atoms with Crippen LogP contribution in [0.4, 0.5) is 5.69 Å². The van der Waals surface area contributed by atoms with Crippen molar-refractivity contribution in [1.29, 1.82) is 0 Å². The third-order valence-electron chi connectivity index (χ3n) is 4.80. The summed E-state index contributed by atoms with van der Waals surface area (Å²) in [6.45, 7) is 3.96. The summed E-state index contributed by atoms with van der Waals surface area (Å²) in [6, 6.07) is 15.2. The smallest absolute Gasteiger partial charge is 0.248 e. The van der Waals surface area contributed by atoms with Gasteiger partial charge in [0.25, 0.3) is 0 Å². The number of rotatable bonds is 8. The summed E-state index contributed by atoms with van der Waals surface area (Å²) in [7, 11) is 1.88. The molecule has 1 heterocycles. The van der Waals surface area contributed by atoms with Crippen molar-refractivity contribution in [3.63, 3.8) is 0 Å². The number of likely N-dealkylation sites (N-methyl/N-ethyl adjacent to an activating group) is 1. The van der Waals surface area contributed by atoms with Crippen molar-refractivity contribution in [3.05, 3.63) is 65.2 Å². The summed E-state index contributed by atoms with van der Waals surface area (Å²) in [5, 5.41) is 2.99. The van der Waals surface area contributed by atoms with Crippen molar-refractivity contribution in [2.75, 3.05) is 43.5 Å². The Hall–Kier alpha value is -2.35. The molecular weight excluding hydrogens is 384 g/mol. The number of hydrogen-bond acceptors (Lipinski definition) is 5. The van der Waals surface area contributed by atoms with Crippen LogP contribution in [0.15, 0.2) is 48.5 Å². The van der Waals surface area contributed by atoms with Gasteiger partial charge in [0.15, 0.2) is 0 Å². The zero-order chi connectivity index (χ0) is 20.6. The summed E-state index contributed by atoms with van der Waals surface area (Å²) in [5.41, 5.74) is 8.79. The van der Waals surface area contributed by atoms with Gasteiger partial charge in [-0.3, -0.25) is 19.4 Å². The number of benzene rings is 2. The van der Waals surface area contributed by atoms with Gasteiger partial charge in [-0.15, -0.1) is 0 Å². The lowest BCUT2D eigenvalue weighted by molar-refractivity contribution is -0.117. The molecule has 154 valence electrons. The van der Waals surface area contributed by atoms with Crippen molar-refractivity contribution in [2.24, 2.45) is 5.73 Å². The minimum Gasteiger partial charge on any atom is -0.366 e. The van der Waals surface area contributed by atoms with E-state index >= 15 is 0 Å². The molecular formula is C22H28N4O2S. The SMILES string of the molecule is CN(CC(=O)Nc1cccc(CN2CCSCC2)c1)Cc1cccc(C(N)=O)c1. The molecule has 0 unspecified atom stereocenters. The second kappa shape index (κ2) is 10.4. The molecule has 0 spiro atoms. The number of carbonyl (C=O) groups excluding carboxylic acids is 2. The van der Waals surface area contributed by atoms with Crippen molar-refractivity contribution in [2.45, 2.75) is 13.1 Å². The van der Waals surface area contributed by atoms with Crippen molar-refractivity contribution in [1.82, 2.24) is 9.80 Å². The molecule has 0 bridgehead atoms. The summed E-state index contributed by atoms with van der Waals surface area (Å²) < 4.78 is 0. The first kappa shape index (κ1) is 21.4. The summed E-state index contributed by atoms with van der Waals surface area (Å²) in [5.74, 6) is 1.86. The van der Waals surface area contributed by atoms with Gasteiger partial charge in [0.05, 0.1) is 6.54 Å². The van der Waals surface area contributed by atoms with Crippen LogP contribution in [0.2, 0.25) is 0 Å². The highest BCUT2D eigenvalue weighted by Crippen LogP contribution is 2.16. The fourth-order valence-electron chi connectivity index (χ4n) is 3.40. The Balaban J connectivity index is 1.51. The maximum atomic E-state index is 12.4. The van der Waals surface area contributed by atoms with Crippen LogP contribution in [0.25, 0.3) is 0 Å². The number of hydrogen-bond donors (Lipinski definition) is 2. The summed E-state index contributed by atoms with van der Waals surface area (Å²) >= 11 is 2.00. The lowest BCUT2D eigenvalue weighted by atomic mass is 10.1. The molecule has 0 radical (unpaired) electrons. The van der Waals surface area contributed by atoms with Crippen LogP contribution in [0.5, 0.6) is 0 Å². The molecule has 0 saturated carbocycles. The first-order valence-electron chi connectivity index (χ1n) is 9.76. The second-order valence-corrected chi connectivity index (χ2v) is 8.60. The second-order valence-electron chi connectivity index (χ2n) is 7.37. The topological polar surface area (TPSA) is 78.7 Å². The van der Waals surface area contributed by atoms with Gasteiger partial charge in [0, 0.05) is 48.9 Å². The lowest BCUT2D eigenvalue weighted by Crippen LogP contribution is -2.32. The van der Waals surface area contributed by atoms with Gasteiger partial charge in [0.1, 0.15) is 0 Å². The number of nitrogens with zero attached hydrogens (tertiary/aromatic N) is 2. The highest BCUT2D eigenvalue weighted by atomic mass is 32.2. The van der Waals surface area contributed by atoms with E-state index < -0.39 is 5.91 Å². The number of carbonyl (C=O) groups is 2. The van der Waals surface area contributed by atoms with E-state index in [0.29, 0.717) is 12.1 Å². The van der Waals surface area contributed by atoms with E-state index in [2.05, 4.69) is 22.3 Å². The third-order valence-corrected chi connectivity index (χ3v) is 5.74. The van der Waals surface area contributed by atoms with E-state index in [1.54, 1.807) is 18.2 Å². The van der Waals surface area contributed by atoms with E-state index in [1.165, 1.54) is 17.1 Å². The molecule has 1 aliphatic rings. The number of anilines is 1. The predicted molar refractivity (Wildman–Crippen MR) is 119 cm³/mol. The maximum absolute atomic E-state index is 12.4. The van der Waals surface area contributed by atoms with Gasteiger partial charge < -0.3 is 11.1 Å². The molecule has 2 aromatic carbocycles. The highest BCUT2D eigenvalue weighted by Gasteiger charge is 2.12. The average Bonchev–Trinajstić information content (AvgIpc) is 2.69. The first-order chi connectivity index (χ1) is 14.0. The van der Waals surface area contributed by atoms with Crippen LogP contribution in [0.1, 0.15) is 21.5 Å². The Kier molecular flexibility index (Phi) is 7.69. The molecule has 1 fully saturated rings. The zero-order valence-corrected chi connectivity index (χ0v) is 17.6. The molecule has 2 aromatic rings. The Morgan fingerprint density at radius 3 is 2.59 bits per heavy atom. The van der Waals surface area contributed by atoms with Gasteiger partial charge in [-0.25, -0.2) is 0 Å². The van der Waals surface area contributed by atoms with Crippen LogP contribution >= 0.6 is 11.8 Å². The van der Waals surface area contributed by atoms with E-state index in [4.69, 9.17) is 5.73 Å². The summed E-state index contributed by atoms with van der Waals surface area (Å²) in [6.07, 6.45) is 0. The van der Waals surface area contributed by atoms with Gasteiger partial charge in [-0.05, 0) is 42.4 Å². The number of thioether (sulfide) groups is 1. The van der Waals surface area contributed by atoms with Crippen molar-refractivity contribution < 1.29 is 9.59 Å². The standard InChI is InChI=1S/C22H28N4O2S/c1-25(14-17-4-2-6-19(12-17)22(23)28)16-21(27)24-20-7-3-5-18(13-20)15-26-8-10-29-11-9-26/h2-7,12-13H,8-11,14-16H2,1H3,(H2,23,28)(H,24,27). The van der Waals surface area contributed by atoms with E-state index in [1.807, 2.05) is 41.9 Å². The van der Waals surface area contributed by atoms with Crippen LogP contribution in [-0.4, -0.2) is 59.8 Å². The van der Waals surface area contributed by atoms with Crippen LogP contribution in [0.3, 0.4) is 0 Å². The van der Waals surface area contributed by atoms with Gasteiger partial charge >= 0.3 is 0 Å². The number of nitrogens with one attached hydrogen (secondary N) is 1. The fraction of sp³-hybridized carbons (Fsp3) is 0.364. The minimum atomic E-state index is -0.449. The van der Waals surface area contributed by atoms with Crippen LogP contribution in [0, 0.1) is 0 Å². The van der Waals surface area contributed by atoms with Gasteiger partial charge in [-0.2, -0.15) is 11.8 Å². The number of amides is 2. The quantitative estimate of drug-likeness (QED) is 0.696. The van der Waals surface area contributed by atoms with E-state index in [0.717, 1.165) is 30.9 Å². The molecule has 0 atom stereocenters. The third kappa shape index (κ3) is 6.88. The van der Waals surface area contributed by atoms with Crippen molar-refractivity contribution in [3.8, 4) is 0 Å². The molecule has 0 aliphatic carbocycles. The van der Waals surface area contributed by atoms with Crippen LogP contribution < -0.4 is 11.1 Å². The van der Waals surface area contributed by atoms with Gasteiger partial charge in [-0.1, -0.05) is 24.3 Å². The number of nitrogens with two attached hydrogens (primary N) is 1. The average molecular weight is 413 g/mol. The Bertz CT molecular complexity index is 852. The lowest BCUT2D eigenvalue weighted by Gasteiger charge is -2.26. The highest BCUT2D eigenvalue weighted by molar-refractivity contribution is 7.99. The molecule has 1 aliphatic heterocycles. The van der Waals surface area contributed by atoms with Gasteiger partial charge in [0.2, 0.25) is 11.8 Å². The fourth-order valence-corrected chi connectivity index (χ4v) is 4.38. The predicted octanol–water partition coefficient (Wildman–Crippen LogP) is 2.40. The molecule has 0 aromatic heterocycles. The van der Waals surface area contributed by atoms with Crippen molar-refractivity contribution >= 4 is 29.3 Å². The monoisotopic (exact) mass is 412 g/mol. The molecule has 3 N–H and O–H groups in total. The van der Waals surface area contributed by atoms with E-state index in [9.17, 15) is 9.59 Å². The Morgan fingerprint density at radius 2 is 1.83 bits per heavy atom. The first-order valence-corrected chi connectivity index (χ1v) is 10.9. The zero-order valence-electron chi connectivity index (χ0n) is 16.8. The Morgan fingerprint density at radius 1 is 1.10 bits per heavy atom. The molecule has 2 amide bonds. The van der Waals surface area contributed by atoms with Crippen LogP contribution in [-0.2, 0) is 17.9 Å². The largest absolute Gasteiger partial charge is 0.366 e. The minimum absolute atomic E-state index is 0.0647. The molecule has 29 heavy (non-hydrogen) atoms. The normalized spacial score (nSPS) is 14.7. The Labute approximate surface area is 176 Å². The molecule has 3 rings (SSSR count). The molecule has 7 heteroatoms. The molecule has 1 saturated heterocycles. The summed E-state index contributed by atoms with van der Waals surface area (Å²) in [4.78, 5) is 28.1. The number of primary amides is 1. The molecule has 6 nitrogen and oxygen atoms in total. The van der Waals surface area contributed by atoms with E-state index in [-0.39, 0.29) is 12.5 Å². The maximum Gasteiger partial charge on any atom is 0.248 e.